The van der Waals surface area contributed by atoms with Gasteiger partial charge in [-0.05, 0) is 38.5 Å². The minimum atomic E-state index is -4.61. The monoisotopic (exact) mass is 732 g/mol. The first-order valence-corrected chi connectivity index (χ1v) is 21.9. The normalized spacial score (nSPS) is 13.8. The molecule has 0 aliphatic carbocycles. The third-order valence-corrected chi connectivity index (χ3v) is 9.75. The van der Waals surface area contributed by atoms with Crippen LogP contribution >= 0.6 is 7.82 Å². The number of hydrogen-bond acceptors (Lipinski definition) is 8. The molecule has 0 spiro atoms. The van der Waals surface area contributed by atoms with Crippen LogP contribution in [0.1, 0.15) is 181 Å². The Morgan fingerprint density at radius 3 is 1.50 bits per heavy atom. The molecule has 0 saturated heterocycles. The predicted octanol–water partition coefficient (Wildman–Crippen LogP) is 10.4. The number of phosphoric acid groups is 1. The summed E-state index contributed by atoms with van der Waals surface area (Å²) >= 11 is 0. The molecular formula is C40H78NO8P. The van der Waals surface area contributed by atoms with Gasteiger partial charge in [0.1, 0.15) is 19.8 Å². The van der Waals surface area contributed by atoms with Crippen LogP contribution in [0.25, 0.3) is 0 Å². The van der Waals surface area contributed by atoms with Crippen LogP contribution in [0.2, 0.25) is 0 Å². The molecule has 9 nitrogen and oxygen atoms in total. The highest BCUT2D eigenvalue weighted by atomic mass is 31.2. The zero-order chi connectivity index (χ0) is 37.2. The molecule has 10 heteroatoms. The summed E-state index contributed by atoms with van der Waals surface area (Å²) in [5.41, 5.74) is 0. The van der Waals surface area contributed by atoms with Crippen LogP contribution in [0.15, 0.2) is 12.2 Å². The highest BCUT2D eigenvalue weighted by Crippen LogP contribution is 2.38. The maximum absolute atomic E-state index is 12.6. The molecule has 0 amide bonds. The third kappa shape index (κ3) is 36.5. The van der Waals surface area contributed by atoms with Gasteiger partial charge in [-0.15, -0.1) is 0 Å². The number of hydrogen-bond donors (Lipinski definition) is 0. The van der Waals surface area contributed by atoms with Gasteiger partial charge in [-0.3, -0.25) is 14.2 Å². The lowest BCUT2D eigenvalue weighted by Crippen LogP contribution is -2.37. The van der Waals surface area contributed by atoms with Crippen molar-refractivity contribution < 1.29 is 42.1 Å². The van der Waals surface area contributed by atoms with E-state index in [9.17, 15) is 19.0 Å². The molecule has 1 unspecified atom stereocenters. The Labute approximate surface area is 307 Å². The highest BCUT2D eigenvalue weighted by molar-refractivity contribution is 7.45. The first-order valence-electron chi connectivity index (χ1n) is 20.4. The Morgan fingerprint density at radius 2 is 1.02 bits per heavy atom. The molecule has 0 N–H and O–H groups in total. The number of allylic oxidation sites excluding steroid dienone is 2. The fraction of sp³-hybridized carbons (Fsp3) is 0.900. The molecule has 0 aromatic rings. The SMILES string of the molecule is CCCCCC/C=C/CCCCCCCC(=O)O[C@H](COC(=O)CCCCCCCCCCCCCCC)COP(=O)([O-])OCC[N+](C)(C)C. The van der Waals surface area contributed by atoms with Crippen LogP contribution in [-0.2, 0) is 32.7 Å². The molecular weight excluding hydrogens is 653 g/mol. The molecule has 0 radical (unpaired) electrons. The second-order valence-corrected chi connectivity index (χ2v) is 16.4. The summed E-state index contributed by atoms with van der Waals surface area (Å²) in [6.07, 6.45) is 32.3. The maximum Gasteiger partial charge on any atom is 0.306 e. The lowest BCUT2D eigenvalue weighted by molar-refractivity contribution is -0.870. The van der Waals surface area contributed by atoms with Gasteiger partial charge in [-0.2, -0.15) is 0 Å². The van der Waals surface area contributed by atoms with E-state index in [4.69, 9.17) is 18.5 Å². The molecule has 0 aromatic heterocycles. The lowest BCUT2D eigenvalue weighted by Gasteiger charge is -2.28. The van der Waals surface area contributed by atoms with Gasteiger partial charge in [0.15, 0.2) is 6.10 Å². The Bertz CT molecular complexity index is 876. The van der Waals surface area contributed by atoms with Crippen LogP contribution in [0, 0.1) is 0 Å². The van der Waals surface area contributed by atoms with Crippen LogP contribution in [0.3, 0.4) is 0 Å². The van der Waals surface area contributed by atoms with E-state index >= 15 is 0 Å². The van der Waals surface area contributed by atoms with Crippen molar-refractivity contribution in [2.75, 3.05) is 47.5 Å². The van der Waals surface area contributed by atoms with Crippen molar-refractivity contribution >= 4 is 19.8 Å². The number of rotatable bonds is 37. The fourth-order valence-corrected chi connectivity index (χ4v) is 6.26. The van der Waals surface area contributed by atoms with E-state index in [1.165, 1.54) is 96.3 Å². The second-order valence-electron chi connectivity index (χ2n) is 15.0. The third-order valence-electron chi connectivity index (χ3n) is 8.79. The molecule has 0 aliphatic rings. The Balaban J connectivity index is 4.40. The summed E-state index contributed by atoms with van der Waals surface area (Å²) in [6, 6.07) is 0. The van der Waals surface area contributed by atoms with Gasteiger partial charge < -0.3 is 27.9 Å². The quantitative estimate of drug-likeness (QED) is 0.0204. The van der Waals surface area contributed by atoms with Gasteiger partial charge >= 0.3 is 11.9 Å². The smallest absolute Gasteiger partial charge is 0.306 e. The van der Waals surface area contributed by atoms with Gasteiger partial charge in [0.25, 0.3) is 7.82 Å². The van der Waals surface area contributed by atoms with Crippen molar-refractivity contribution in [1.82, 2.24) is 0 Å². The van der Waals surface area contributed by atoms with E-state index in [1.54, 1.807) is 0 Å². The molecule has 0 aromatic carbocycles. The van der Waals surface area contributed by atoms with E-state index in [0.29, 0.717) is 17.4 Å². The molecule has 0 saturated carbocycles. The number of likely N-dealkylation sites (N-methyl/N-ethyl adjacent to an activating group) is 1. The van der Waals surface area contributed by atoms with E-state index in [1.807, 2.05) is 21.1 Å². The summed E-state index contributed by atoms with van der Waals surface area (Å²) in [5, 5.41) is 0. The van der Waals surface area contributed by atoms with Crippen molar-refractivity contribution in [3.05, 3.63) is 12.2 Å². The van der Waals surface area contributed by atoms with E-state index < -0.39 is 26.5 Å². The summed E-state index contributed by atoms with van der Waals surface area (Å²) in [7, 11) is 1.17. The predicted molar refractivity (Wildman–Crippen MR) is 204 cm³/mol. The Hall–Kier alpha value is -1.25. The fourth-order valence-electron chi connectivity index (χ4n) is 5.53. The van der Waals surface area contributed by atoms with Gasteiger partial charge in [0, 0.05) is 12.8 Å². The summed E-state index contributed by atoms with van der Waals surface area (Å²) in [4.78, 5) is 37.4. The van der Waals surface area contributed by atoms with Crippen LogP contribution in [0.5, 0.6) is 0 Å². The topological polar surface area (TPSA) is 111 Å². The van der Waals surface area contributed by atoms with E-state index in [2.05, 4.69) is 26.0 Å². The minimum absolute atomic E-state index is 0.0296. The van der Waals surface area contributed by atoms with Crippen molar-refractivity contribution in [3.63, 3.8) is 0 Å². The Kier molecular flexibility index (Phi) is 32.7. The number of esters is 2. The van der Waals surface area contributed by atoms with Crippen LogP contribution < -0.4 is 4.89 Å². The summed E-state index contributed by atoms with van der Waals surface area (Å²) in [6.45, 7) is 4.20. The molecule has 0 heterocycles. The van der Waals surface area contributed by atoms with Crippen molar-refractivity contribution in [3.8, 4) is 0 Å². The molecule has 0 bridgehead atoms. The van der Waals surface area contributed by atoms with Gasteiger partial charge in [-0.25, -0.2) is 0 Å². The van der Waals surface area contributed by atoms with Crippen LogP contribution in [0.4, 0.5) is 0 Å². The number of carbonyl (C=O) groups excluding carboxylic acids is 2. The van der Waals surface area contributed by atoms with E-state index in [0.717, 1.165) is 51.4 Å². The first-order chi connectivity index (χ1) is 24.0. The Morgan fingerprint density at radius 1 is 0.600 bits per heavy atom. The first kappa shape index (κ1) is 48.8. The van der Waals surface area contributed by atoms with E-state index in [-0.39, 0.29) is 32.0 Å². The molecule has 2 atom stereocenters. The lowest BCUT2D eigenvalue weighted by atomic mass is 10.0. The number of carbonyl (C=O) groups is 2. The maximum atomic E-state index is 12.6. The molecule has 296 valence electrons. The zero-order valence-electron chi connectivity index (χ0n) is 33.1. The number of nitrogens with zero attached hydrogens (tertiary/aromatic N) is 1. The van der Waals surface area contributed by atoms with Gasteiger partial charge in [0.2, 0.25) is 0 Å². The standard InChI is InChI=1S/C40H78NO8P/c1-6-8-10-12-14-16-18-20-22-24-26-28-30-32-39(42)46-36-38(37-48-50(44,45)47-35-34-41(3,4)5)49-40(43)33-31-29-27-25-23-21-19-17-15-13-11-9-7-2/h17,19,38H,6-16,18,20-37H2,1-5H3/b19-17+/t38-/m1/s1. The summed E-state index contributed by atoms with van der Waals surface area (Å²) in [5.74, 6) is -0.839. The number of phosphoric ester groups is 1. The number of quaternary nitrogens is 1. The second kappa shape index (κ2) is 33.6. The van der Waals surface area contributed by atoms with Crippen molar-refractivity contribution in [2.45, 2.75) is 187 Å². The van der Waals surface area contributed by atoms with Crippen molar-refractivity contribution in [2.24, 2.45) is 0 Å². The molecule has 0 rings (SSSR count). The van der Waals surface area contributed by atoms with Gasteiger partial charge in [0.05, 0.1) is 27.7 Å². The highest BCUT2D eigenvalue weighted by Gasteiger charge is 2.21. The molecule has 0 aliphatic heterocycles. The molecule has 0 fully saturated rings. The minimum Gasteiger partial charge on any atom is -0.756 e. The number of ether oxygens (including phenoxy) is 2. The van der Waals surface area contributed by atoms with Gasteiger partial charge in [-0.1, -0.05) is 142 Å². The zero-order valence-corrected chi connectivity index (χ0v) is 34.0. The van der Waals surface area contributed by atoms with Crippen molar-refractivity contribution in [1.29, 1.82) is 0 Å². The van der Waals surface area contributed by atoms with Crippen LogP contribution in [-0.4, -0.2) is 70.0 Å². The molecule has 50 heavy (non-hydrogen) atoms. The number of unbranched alkanes of at least 4 members (excludes halogenated alkanes) is 21. The summed E-state index contributed by atoms with van der Waals surface area (Å²) < 4.78 is 33.8. The largest absolute Gasteiger partial charge is 0.756 e. The average molecular weight is 732 g/mol. The average Bonchev–Trinajstić information content (AvgIpc) is 3.06.